The van der Waals surface area contributed by atoms with Gasteiger partial charge in [0.15, 0.2) is 11.5 Å². The second-order valence-corrected chi connectivity index (χ2v) is 3.87. The number of carbonyl (C=O) groups is 3. The van der Waals surface area contributed by atoms with Crippen LogP contribution in [0.15, 0.2) is 12.1 Å². The van der Waals surface area contributed by atoms with Gasteiger partial charge in [-0.25, -0.2) is 4.79 Å². The van der Waals surface area contributed by atoms with Crippen LogP contribution < -0.4 is 9.47 Å². The summed E-state index contributed by atoms with van der Waals surface area (Å²) < 4.78 is 14.9. The number of benzene rings is 1. The minimum Gasteiger partial charge on any atom is -0.493 e. The Morgan fingerprint density at radius 3 is 2.40 bits per heavy atom. The van der Waals surface area contributed by atoms with Gasteiger partial charge in [-0.1, -0.05) is 0 Å². The van der Waals surface area contributed by atoms with Gasteiger partial charge in [-0.3, -0.25) is 9.59 Å². The molecule has 0 fully saturated rings. The predicted molar refractivity (Wildman–Crippen MR) is 67.1 cm³/mol. The smallest absolute Gasteiger partial charge is 0.424 e. The Kier molecular flexibility index (Phi) is 3.60. The van der Waals surface area contributed by atoms with Crippen LogP contribution in [0.1, 0.15) is 27.6 Å². The number of rotatable bonds is 3. The van der Waals surface area contributed by atoms with Gasteiger partial charge in [-0.15, -0.1) is 0 Å². The zero-order valence-electron chi connectivity index (χ0n) is 11.3. The summed E-state index contributed by atoms with van der Waals surface area (Å²) in [6.07, 6.45) is -1.00. The lowest BCUT2D eigenvalue weighted by Crippen LogP contribution is -2.36. The van der Waals surface area contributed by atoms with Crippen LogP contribution in [-0.4, -0.2) is 43.6 Å². The van der Waals surface area contributed by atoms with Crippen LogP contribution in [0.2, 0.25) is 0 Å². The third-order valence-corrected chi connectivity index (χ3v) is 2.85. The molecular weight excluding hydrogens is 266 g/mol. The molecule has 3 amide bonds. The first-order chi connectivity index (χ1) is 9.56. The topological polar surface area (TPSA) is 82.1 Å². The molecule has 0 spiro atoms. The Morgan fingerprint density at radius 2 is 1.85 bits per heavy atom. The summed E-state index contributed by atoms with van der Waals surface area (Å²) >= 11 is 0. The third-order valence-electron chi connectivity index (χ3n) is 2.85. The fourth-order valence-electron chi connectivity index (χ4n) is 2.00. The fraction of sp³-hybridized carbons (Fsp3) is 0.308. The van der Waals surface area contributed by atoms with E-state index < -0.39 is 17.9 Å². The molecule has 0 bridgehead atoms. The average molecular weight is 279 g/mol. The minimum atomic E-state index is -1.00. The predicted octanol–water partition coefficient (Wildman–Crippen LogP) is 1.46. The molecule has 1 aromatic carbocycles. The molecule has 1 aliphatic rings. The molecule has 2 rings (SSSR count). The zero-order chi connectivity index (χ0) is 14.9. The quantitative estimate of drug-likeness (QED) is 0.779. The molecule has 7 heteroatoms. The molecule has 0 aliphatic carbocycles. The minimum absolute atomic E-state index is 0.00454. The van der Waals surface area contributed by atoms with Gasteiger partial charge in [0.05, 0.1) is 32.0 Å². The van der Waals surface area contributed by atoms with Gasteiger partial charge in [0, 0.05) is 0 Å². The van der Waals surface area contributed by atoms with E-state index in [2.05, 4.69) is 0 Å². The van der Waals surface area contributed by atoms with E-state index in [1.165, 1.54) is 26.4 Å². The summed E-state index contributed by atoms with van der Waals surface area (Å²) in [6, 6.07) is 2.91. The van der Waals surface area contributed by atoms with E-state index in [0.717, 1.165) is 0 Å². The summed E-state index contributed by atoms with van der Waals surface area (Å²) in [5.74, 6) is -1.09. The Balaban J connectivity index is 2.54. The number of fused-ring (bicyclic) bond motifs is 1. The molecule has 20 heavy (non-hydrogen) atoms. The van der Waals surface area contributed by atoms with E-state index in [4.69, 9.17) is 14.2 Å². The second-order valence-electron chi connectivity index (χ2n) is 3.87. The molecule has 0 N–H and O–H groups in total. The lowest BCUT2D eigenvalue weighted by molar-refractivity contribution is 0.0595. The Bertz CT molecular complexity index is 595. The summed E-state index contributed by atoms with van der Waals surface area (Å²) in [5, 5.41) is 0. The zero-order valence-corrected chi connectivity index (χ0v) is 11.3. The first-order valence-electron chi connectivity index (χ1n) is 5.87. The van der Waals surface area contributed by atoms with Crippen LogP contribution in [0.3, 0.4) is 0 Å². The van der Waals surface area contributed by atoms with E-state index in [1.54, 1.807) is 6.92 Å². The summed E-state index contributed by atoms with van der Waals surface area (Å²) in [7, 11) is 2.76. The van der Waals surface area contributed by atoms with Crippen LogP contribution in [-0.2, 0) is 4.74 Å². The van der Waals surface area contributed by atoms with E-state index in [1.807, 2.05) is 0 Å². The van der Waals surface area contributed by atoms with Crippen molar-refractivity contribution in [3.63, 3.8) is 0 Å². The van der Waals surface area contributed by atoms with Crippen molar-refractivity contribution in [2.75, 3.05) is 20.8 Å². The van der Waals surface area contributed by atoms with Gasteiger partial charge in [-0.2, -0.15) is 4.90 Å². The monoisotopic (exact) mass is 279 g/mol. The molecule has 1 aliphatic heterocycles. The van der Waals surface area contributed by atoms with Crippen molar-refractivity contribution in [2.24, 2.45) is 0 Å². The molecular formula is C13H13NO6. The van der Waals surface area contributed by atoms with Crippen LogP contribution >= 0.6 is 0 Å². The molecule has 7 nitrogen and oxygen atoms in total. The van der Waals surface area contributed by atoms with Crippen molar-refractivity contribution in [1.82, 2.24) is 4.90 Å². The van der Waals surface area contributed by atoms with Crippen molar-refractivity contribution >= 4 is 17.9 Å². The van der Waals surface area contributed by atoms with E-state index >= 15 is 0 Å². The molecule has 1 aromatic rings. The number of nitrogens with zero attached hydrogens (tertiary/aromatic N) is 1. The van der Waals surface area contributed by atoms with Crippen molar-refractivity contribution in [1.29, 1.82) is 0 Å². The highest BCUT2D eigenvalue weighted by molar-refractivity contribution is 6.29. The number of ether oxygens (including phenoxy) is 3. The highest BCUT2D eigenvalue weighted by atomic mass is 16.6. The van der Waals surface area contributed by atoms with Gasteiger partial charge in [-0.05, 0) is 19.1 Å². The van der Waals surface area contributed by atoms with Crippen molar-refractivity contribution < 1.29 is 28.6 Å². The molecule has 1 heterocycles. The number of amides is 3. The molecule has 0 radical (unpaired) electrons. The molecule has 0 atom stereocenters. The van der Waals surface area contributed by atoms with E-state index in [0.29, 0.717) is 10.6 Å². The lowest BCUT2D eigenvalue weighted by Gasteiger charge is -2.11. The third kappa shape index (κ3) is 1.87. The van der Waals surface area contributed by atoms with Crippen LogP contribution in [0.5, 0.6) is 11.5 Å². The molecule has 0 saturated carbocycles. The summed E-state index contributed by atoms with van der Waals surface area (Å²) in [6.45, 7) is 1.65. The van der Waals surface area contributed by atoms with Gasteiger partial charge in [0.25, 0.3) is 11.8 Å². The summed E-state index contributed by atoms with van der Waals surface area (Å²) in [4.78, 5) is 36.5. The average Bonchev–Trinajstić information content (AvgIpc) is 2.70. The number of imide groups is 3. The van der Waals surface area contributed by atoms with E-state index in [-0.39, 0.29) is 23.5 Å². The molecule has 0 unspecified atom stereocenters. The maximum atomic E-state index is 12.2. The van der Waals surface area contributed by atoms with Crippen molar-refractivity contribution in [3.8, 4) is 11.5 Å². The lowest BCUT2D eigenvalue weighted by atomic mass is 10.1. The SMILES string of the molecule is CCOC(=O)N1C(=O)c2ccc(OC)c(OC)c2C1=O. The van der Waals surface area contributed by atoms with E-state index in [9.17, 15) is 14.4 Å². The van der Waals surface area contributed by atoms with Gasteiger partial charge < -0.3 is 14.2 Å². The maximum absolute atomic E-state index is 12.2. The van der Waals surface area contributed by atoms with Crippen molar-refractivity contribution in [3.05, 3.63) is 23.3 Å². The standard InChI is InChI=1S/C13H13NO6/c1-4-20-13(17)14-11(15)7-5-6-8(18-2)10(19-3)9(7)12(14)16/h5-6H,4H2,1-3H3. The van der Waals surface area contributed by atoms with Gasteiger partial charge in [0.1, 0.15) is 0 Å². The Morgan fingerprint density at radius 1 is 1.15 bits per heavy atom. The first kappa shape index (κ1) is 13.9. The molecule has 0 aromatic heterocycles. The highest BCUT2D eigenvalue weighted by Crippen LogP contribution is 2.38. The number of hydrogen-bond acceptors (Lipinski definition) is 6. The van der Waals surface area contributed by atoms with Gasteiger partial charge in [0.2, 0.25) is 0 Å². The van der Waals surface area contributed by atoms with Gasteiger partial charge >= 0.3 is 6.09 Å². The fourth-order valence-corrected chi connectivity index (χ4v) is 2.00. The summed E-state index contributed by atoms with van der Waals surface area (Å²) in [5.41, 5.74) is 0.0885. The van der Waals surface area contributed by atoms with Crippen LogP contribution in [0, 0.1) is 0 Å². The highest BCUT2D eigenvalue weighted by Gasteiger charge is 2.44. The van der Waals surface area contributed by atoms with Crippen LogP contribution in [0.25, 0.3) is 0 Å². The number of carbonyl (C=O) groups excluding carboxylic acids is 3. The Hall–Kier alpha value is -2.57. The normalized spacial score (nSPS) is 13.2. The maximum Gasteiger partial charge on any atom is 0.424 e. The molecule has 0 saturated heterocycles. The largest absolute Gasteiger partial charge is 0.493 e. The second kappa shape index (κ2) is 5.20. The number of hydrogen-bond donors (Lipinski definition) is 0. The first-order valence-corrected chi connectivity index (χ1v) is 5.87. The molecule has 106 valence electrons. The Labute approximate surface area is 115 Å². The van der Waals surface area contributed by atoms with Crippen molar-refractivity contribution in [2.45, 2.75) is 6.92 Å². The number of methoxy groups -OCH3 is 2. The van der Waals surface area contributed by atoms with Crippen LogP contribution in [0.4, 0.5) is 4.79 Å².